The Morgan fingerprint density at radius 3 is 2.50 bits per heavy atom. The Morgan fingerprint density at radius 2 is 1.90 bits per heavy atom. The largest absolute Gasteiger partial charge is 0.397 e. The van der Waals surface area contributed by atoms with Gasteiger partial charge in [0.25, 0.3) is 5.91 Å². The number of hydrogen-bond donors (Lipinski definition) is 2. The molecule has 0 unspecified atom stereocenters. The van der Waals surface area contributed by atoms with Crippen molar-refractivity contribution < 1.29 is 4.79 Å². The van der Waals surface area contributed by atoms with E-state index in [1.807, 2.05) is 26.0 Å². The number of rotatable bonds is 2. The summed E-state index contributed by atoms with van der Waals surface area (Å²) in [4.78, 5) is 16.0. The minimum absolute atomic E-state index is 0.229. The van der Waals surface area contributed by atoms with Gasteiger partial charge in [0.15, 0.2) is 0 Å². The number of carbonyl (C=O) groups is 1. The van der Waals surface area contributed by atoms with Gasteiger partial charge in [0, 0.05) is 10.2 Å². The summed E-state index contributed by atoms with van der Waals surface area (Å²) in [5.74, 6) is -0.312. The molecule has 104 valence electrons. The summed E-state index contributed by atoms with van der Waals surface area (Å²) in [5, 5.41) is 3.04. The minimum atomic E-state index is -0.312. The van der Waals surface area contributed by atoms with Gasteiger partial charge in [-0.05, 0) is 43.2 Å². The lowest BCUT2D eigenvalue weighted by Crippen LogP contribution is -2.14. The van der Waals surface area contributed by atoms with Crippen LogP contribution < -0.4 is 11.1 Å². The standard InChI is InChI=1S/C14H13BrClN3O/c1-7-3-9(4-8(2)13(7)15)19-14(20)10-5-12(16)18-6-11(10)17/h3-6H,17H2,1-2H3,(H,19,20). The summed E-state index contributed by atoms with van der Waals surface area (Å²) in [6.45, 7) is 3.93. The number of anilines is 2. The van der Waals surface area contributed by atoms with Crippen LogP contribution in [0.2, 0.25) is 5.15 Å². The van der Waals surface area contributed by atoms with E-state index >= 15 is 0 Å². The summed E-state index contributed by atoms with van der Waals surface area (Å²) in [6, 6.07) is 5.22. The van der Waals surface area contributed by atoms with E-state index in [1.54, 1.807) is 0 Å². The highest BCUT2D eigenvalue weighted by Crippen LogP contribution is 2.25. The number of benzene rings is 1. The molecular weight excluding hydrogens is 342 g/mol. The number of nitrogens with zero attached hydrogens (tertiary/aromatic N) is 1. The SMILES string of the molecule is Cc1cc(NC(=O)c2cc(Cl)ncc2N)cc(C)c1Br. The number of aromatic nitrogens is 1. The molecule has 1 aromatic carbocycles. The van der Waals surface area contributed by atoms with Crippen molar-refractivity contribution in [3.63, 3.8) is 0 Å². The second-order valence-corrected chi connectivity index (χ2v) is 5.65. The van der Waals surface area contributed by atoms with E-state index in [2.05, 4.69) is 26.2 Å². The fraction of sp³-hybridized carbons (Fsp3) is 0.143. The van der Waals surface area contributed by atoms with Gasteiger partial charge < -0.3 is 11.1 Å². The number of nitrogens with two attached hydrogens (primary N) is 1. The van der Waals surface area contributed by atoms with Gasteiger partial charge in [-0.25, -0.2) is 4.98 Å². The van der Waals surface area contributed by atoms with Crippen LogP contribution in [-0.4, -0.2) is 10.9 Å². The maximum absolute atomic E-state index is 12.2. The van der Waals surface area contributed by atoms with Gasteiger partial charge in [0.05, 0.1) is 17.4 Å². The van der Waals surface area contributed by atoms with E-state index in [-0.39, 0.29) is 16.7 Å². The molecule has 0 aliphatic rings. The zero-order chi connectivity index (χ0) is 14.9. The van der Waals surface area contributed by atoms with Gasteiger partial charge in [0.1, 0.15) is 5.15 Å². The fourth-order valence-electron chi connectivity index (χ4n) is 1.85. The third-order valence-electron chi connectivity index (χ3n) is 2.84. The quantitative estimate of drug-likeness (QED) is 0.802. The second-order valence-electron chi connectivity index (χ2n) is 4.47. The van der Waals surface area contributed by atoms with E-state index in [1.165, 1.54) is 12.3 Å². The molecule has 1 amide bonds. The van der Waals surface area contributed by atoms with Crippen molar-refractivity contribution in [3.05, 3.63) is 50.7 Å². The highest BCUT2D eigenvalue weighted by Gasteiger charge is 2.12. The van der Waals surface area contributed by atoms with Crippen LogP contribution in [0.4, 0.5) is 11.4 Å². The van der Waals surface area contributed by atoms with E-state index in [0.29, 0.717) is 11.3 Å². The molecule has 0 spiro atoms. The Morgan fingerprint density at radius 1 is 1.30 bits per heavy atom. The van der Waals surface area contributed by atoms with Crippen LogP contribution in [0, 0.1) is 13.8 Å². The van der Waals surface area contributed by atoms with Crippen LogP contribution in [0.15, 0.2) is 28.9 Å². The number of nitrogens with one attached hydrogen (secondary N) is 1. The molecule has 0 atom stereocenters. The molecule has 1 aromatic heterocycles. The molecule has 0 bridgehead atoms. The van der Waals surface area contributed by atoms with Crippen molar-refractivity contribution >= 4 is 44.8 Å². The smallest absolute Gasteiger partial charge is 0.257 e. The molecule has 0 aliphatic carbocycles. The predicted molar refractivity (Wildman–Crippen MR) is 85.2 cm³/mol. The number of halogens is 2. The van der Waals surface area contributed by atoms with E-state index < -0.39 is 0 Å². The zero-order valence-electron chi connectivity index (χ0n) is 11.0. The molecule has 0 aliphatic heterocycles. The number of nitrogen functional groups attached to an aromatic ring is 1. The van der Waals surface area contributed by atoms with Crippen LogP contribution in [0.3, 0.4) is 0 Å². The Hall–Kier alpha value is -1.59. The third-order valence-corrected chi connectivity index (χ3v) is 4.30. The lowest BCUT2D eigenvalue weighted by atomic mass is 10.1. The molecule has 3 N–H and O–H groups in total. The van der Waals surface area contributed by atoms with Gasteiger partial charge in [-0.3, -0.25) is 4.79 Å². The number of pyridine rings is 1. The Bertz CT molecular complexity index is 665. The highest BCUT2D eigenvalue weighted by atomic mass is 79.9. The van der Waals surface area contributed by atoms with Gasteiger partial charge in [-0.1, -0.05) is 27.5 Å². The van der Waals surface area contributed by atoms with Gasteiger partial charge in [-0.2, -0.15) is 0 Å². The monoisotopic (exact) mass is 353 g/mol. The number of aryl methyl sites for hydroxylation is 2. The fourth-order valence-corrected chi connectivity index (χ4v) is 2.24. The minimum Gasteiger partial charge on any atom is -0.397 e. The van der Waals surface area contributed by atoms with Crippen molar-refractivity contribution in [3.8, 4) is 0 Å². The maximum Gasteiger partial charge on any atom is 0.257 e. The molecule has 1 heterocycles. The molecule has 2 rings (SSSR count). The third kappa shape index (κ3) is 3.11. The molecule has 0 fully saturated rings. The van der Waals surface area contributed by atoms with E-state index in [4.69, 9.17) is 17.3 Å². The molecule has 20 heavy (non-hydrogen) atoms. The first-order valence-corrected chi connectivity index (χ1v) is 7.04. The van der Waals surface area contributed by atoms with Crippen LogP contribution >= 0.6 is 27.5 Å². The van der Waals surface area contributed by atoms with Crippen LogP contribution in [-0.2, 0) is 0 Å². The first-order valence-electron chi connectivity index (χ1n) is 5.87. The molecule has 6 heteroatoms. The summed E-state index contributed by atoms with van der Waals surface area (Å²) >= 11 is 9.27. The summed E-state index contributed by atoms with van der Waals surface area (Å²) in [7, 11) is 0. The van der Waals surface area contributed by atoms with Crippen molar-refractivity contribution in [2.24, 2.45) is 0 Å². The van der Waals surface area contributed by atoms with Crippen molar-refractivity contribution in [1.29, 1.82) is 0 Å². The second kappa shape index (κ2) is 5.81. The predicted octanol–water partition coefficient (Wildman–Crippen LogP) is 3.95. The van der Waals surface area contributed by atoms with Crippen LogP contribution in [0.25, 0.3) is 0 Å². The average Bonchev–Trinajstić information content (AvgIpc) is 2.38. The average molecular weight is 355 g/mol. The Labute approximate surface area is 130 Å². The van der Waals surface area contributed by atoms with Crippen LogP contribution in [0.5, 0.6) is 0 Å². The number of hydrogen-bond acceptors (Lipinski definition) is 3. The number of carbonyl (C=O) groups excluding carboxylic acids is 1. The lowest BCUT2D eigenvalue weighted by Gasteiger charge is -2.11. The summed E-state index contributed by atoms with van der Waals surface area (Å²) < 4.78 is 1.03. The first-order chi connectivity index (χ1) is 9.38. The Kier molecular flexibility index (Phi) is 4.30. The van der Waals surface area contributed by atoms with Gasteiger partial charge >= 0.3 is 0 Å². The summed E-state index contributed by atoms with van der Waals surface area (Å²) in [6.07, 6.45) is 1.37. The normalized spacial score (nSPS) is 10.4. The highest BCUT2D eigenvalue weighted by molar-refractivity contribution is 9.10. The van der Waals surface area contributed by atoms with Crippen molar-refractivity contribution in [2.75, 3.05) is 11.1 Å². The first kappa shape index (κ1) is 14.8. The van der Waals surface area contributed by atoms with Gasteiger partial charge in [0.2, 0.25) is 0 Å². The van der Waals surface area contributed by atoms with Crippen molar-refractivity contribution in [2.45, 2.75) is 13.8 Å². The topological polar surface area (TPSA) is 68.0 Å². The lowest BCUT2D eigenvalue weighted by molar-refractivity contribution is 0.102. The Balaban J connectivity index is 2.30. The van der Waals surface area contributed by atoms with Gasteiger partial charge in [-0.15, -0.1) is 0 Å². The van der Waals surface area contributed by atoms with Crippen LogP contribution in [0.1, 0.15) is 21.5 Å². The van der Waals surface area contributed by atoms with Crippen molar-refractivity contribution in [1.82, 2.24) is 4.98 Å². The maximum atomic E-state index is 12.2. The molecule has 0 saturated carbocycles. The molecular formula is C14H13BrClN3O. The molecule has 2 aromatic rings. The van der Waals surface area contributed by atoms with E-state index in [0.717, 1.165) is 15.6 Å². The zero-order valence-corrected chi connectivity index (χ0v) is 13.3. The molecule has 0 saturated heterocycles. The number of amides is 1. The summed E-state index contributed by atoms with van der Waals surface area (Å²) in [5.41, 5.74) is 9.13. The molecule has 0 radical (unpaired) electrons. The van der Waals surface area contributed by atoms with E-state index in [9.17, 15) is 4.79 Å². The molecule has 4 nitrogen and oxygen atoms in total.